The lowest BCUT2D eigenvalue weighted by atomic mass is 10.2. The van der Waals surface area contributed by atoms with Gasteiger partial charge in [0.2, 0.25) is 0 Å². The number of ether oxygens (including phenoxy) is 1. The Labute approximate surface area is 72.7 Å². The highest BCUT2D eigenvalue weighted by molar-refractivity contribution is 5.36. The molecule has 0 heterocycles. The zero-order valence-corrected chi connectivity index (χ0v) is 6.95. The van der Waals surface area contributed by atoms with Crippen LogP contribution in [-0.2, 0) is 4.74 Å². The Hall–Kier alpha value is -1.68. The van der Waals surface area contributed by atoms with Gasteiger partial charge in [0.05, 0.1) is 13.4 Å². The van der Waals surface area contributed by atoms with E-state index in [0.717, 1.165) is 5.56 Å². The first-order valence-corrected chi connectivity index (χ1v) is 3.68. The summed E-state index contributed by atoms with van der Waals surface area (Å²) in [6.45, 7) is 0. The van der Waals surface area contributed by atoms with Crippen LogP contribution in [0.1, 0.15) is 5.56 Å². The van der Waals surface area contributed by atoms with Crippen LogP contribution in [0.4, 0.5) is 0 Å². The quantitative estimate of drug-likeness (QED) is 0.449. The van der Waals surface area contributed by atoms with E-state index in [2.05, 4.69) is 11.8 Å². The summed E-state index contributed by atoms with van der Waals surface area (Å²) >= 11 is 0. The van der Waals surface area contributed by atoms with Crippen molar-refractivity contribution in [2.75, 3.05) is 7.11 Å². The van der Waals surface area contributed by atoms with Gasteiger partial charge in [0.15, 0.2) is 0 Å². The van der Waals surface area contributed by atoms with Gasteiger partial charge < -0.3 is 4.74 Å². The van der Waals surface area contributed by atoms with Gasteiger partial charge in [0, 0.05) is 11.6 Å². The molecule has 0 aliphatic heterocycles. The smallest absolute Gasteiger partial charge is 0.0908 e. The molecule has 0 unspecified atom stereocenters. The van der Waals surface area contributed by atoms with E-state index < -0.39 is 0 Å². The third-order valence-corrected chi connectivity index (χ3v) is 1.28. The van der Waals surface area contributed by atoms with E-state index in [-0.39, 0.29) is 0 Å². The Morgan fingerprint density at radius 1 is 1.25 bits per heavy atom. The van der Waals surface area contributed by atoms with Gasteiger partial charge in [-0.25, -0.2) is 0 Å². The molecule has 0 N–H and O–H groups in total. The van der Waals surface area contributed by atoms with Crippen molar-refractivity contribution in [3.05, 3.63) is 48.2 Å². The fourth-order valence-electron chi connectivity index (χ4n) is 0.749. The molecular weight excluding hydrogens is 148 g/mol. The fourth-order valence-corrected chi connectivity index (χ4v) is 0.749. The van der Waals surface area contributed by atoms with Gasteiger partial charge in [-0.1, -0.05) is 30.0 Å². The molecule has 1 aromatic carbocycles. The second-order valence-electron chi connectivity index (χ2n) is 2.17. The monoisotopic (exact) mass is 158 g/mol. The van der Waals surface area contributed by atoms with Crippen molar-refractivity contribution in [1.82, 2.24) is 0 Å². The Bertz CT molecular complexity index is 301. The molecule has 12 heavy (non-hydrogen) atoms. The van der Waals surface area contributed by atoms with Crippen LogP contribution in [0, 0.1) is 11.8 Å². The topological polar surface area (TPSA) is 9.23 Å². The molecular formula is C11H10O. The molecule has 0 aromatic heterocycles. The molecule has 0 aliphatic carbocycles. The van der Waals surface area contributed by atoms with Crippen LogP contribution < -0.4 is 0 Å². The minimum absolute atomic E-state index is 1.01. The number of rotatable bonds is 1. The highest BCUT2D eigenvalue weighted by Crippen LogP contribution is 1.94. The summed E-state index contributed by atoms with van der Waals surface area (Å²) in [6.07, 6.45) is 3.23. The maximum atomic E-state index is 4.70. The Morgan fingerprint density at radius 2 is 2.00 bits per heavy atom. The molecule has 60 valence electrons. The number of hydrogen-bond acceptors (Lipinski definition) is 1. The summed E-state index contributed by atoms with van der Waals surface area (Å²) in [5, 5.41) is 0. The highest BCUT2D eigenvalue weighted by atomic mass is 16.5. The van der Waals surface area contributed by atoms with E-state index in [4.69, 9.17) is 4.74 Å². The van der Waals surface area contributed by atoms with Crippen molar-refractivity contribution in [1.29, 1.82) is 0 Å². The SMILES string of the molecule is COC=CC#Cc1ccccc1. The van der Waals surface area contributed by atoms with Crippen LogP contribution in [-0.4, -0.2) is 7.11 Å². The van der Waals surface area contributed by atoms with Crippen LogP contribution in [0.2, 0.25) is 0 Å². The van der Waals surface area contributed by atoms with E-state index >= 15 is 0 Å². The van der Waals surface area contributed by atoms with Crippen molar-refractivity contribution >= 4 is 0 Å². The van der Waals surface area contributed by atoms with Crippen LogP contribution in [0.3, 0.4) is 0 Å². The van der Waals surface area contributed by atoms with Gasteiger partial charge in [-0.2, -0.15) is 0 Å². The average molecular weight is 158 g/mol. The van der Waals surface area contributed by atoms with Crippen molar-refractivity contribution in [3.63, 3.8) is 0 Å². The second-order valence-corrected chi connectivity index (χ2v) is 2.17. The first-order valence-electron chi connectivity index (χ1n) is 3.68. The molecule has 1 aromatic rings. The van der Waals surface area contributed by atoms with Crippen LogP contribution >= 0.6 is 0 Å². The van der Waals surface area contributed by atoms with E-state index in [1.807, 2.05) is 30.3 Å². The average Bonchev–Trinajstić information content (AvgIpc) is 2.14. The van der Waals surface area contributed by atoms with Crippen molar-refractivity contribution in [2.45, 2.75) is 0 Å². The van der Waals surface area contributed by atoms with Gasteiger partial charge in [-0.15, -0.1) is 0 Å². The predicted molar refractivity (Wildman–Crippen MR) is 49.5 cm³/mol. The highest BCUT2D eigenvalue weighted by Gasteiger charge is 1.78. The third kappa shape index (κ3) is 2.94. The molecule has 1 nitrogen and oxygen atoms in total. The maximum absolute atomic E-state index is 4.70. The number of allylic oxidation sites excluding steroid dienone is 1. The molecule has 0 aliphatic rings. The van der Waals surface area contributed by atoms with Crippen LogP contribution in [0.15, 0.2) is 42.7 Å². The Kier molecular flexibility index (Phi) is 3.53. The van der Waals surface area contributed by atoms with E-state index in [1.165, 1.54) is 0 Å². The number of hydrogen-bond donors (Lipinski definition) is 0. The first-order chi connectivity index (χ1) is 5.93. The molecule has 0 saturated carbocycles. The summed E-state index contributed by atoms with van der Waals surface area (Å²) < 4.78 is 4.70. The molecule has 0 radical (unpaired) electrons. The summed E-state index contributed by atoms with van der Waals surface area (Å²) in [5.74, 6) is 5.81. The first kappa shape index (κ1) is 8.42. The van der Waals surface area contributed by atoms with Gasteiger partial charge in [-0.05, 0) is 12.1 Å². The molecule has 0 bridgehead atoms. The zero-order chi connectivity index (χ0) is 8.65. The molecule has 1 heteroatoms. The molecule has 0 spiro atoms. The molecule has 1 rings (SSSR count). The normalized spacial score (nSPS) is 9.08. The standard InChI is InChI=1S/C11H10O/c1-12-10-6-5-9-11-7-3-2-4-8-11/h2-4,6-8,10H,1H3. The maximum Gasteiger partial charge on any atom is 0.0908 e. The molecule has 0 amide bonds. The lowest BCUT2D eigenvalue weighted by Crippen LogP contribution is -1.69. The lowest BCUT2D eigenvalue weighted by molar-refractivity contribution is 0.338. The summed E-state index contributed by atoms with van der Waals surface area (Å²) in [6, 6.07) is 9.82. The summed E-state index contributed by atoms with van der Waals surface area (Å²) in [7, 11) is 1.60. The largest absolute Gasteiger partial charge is 0.504 e. The van der Waals surface area contributed by atoms with Gasteiger partial charge in [-0.3, -0.25) is 0 Å². The lowest BCUT2D eigenvalue weighted by Gasteiger charge is -1.84. The van der Waals surface area contributed by atoms with Gasteiger partial charge in [0.1, 0.15) is 0 Å². The predicted octanol–water partition coefficient (Wildman–Crippen LogP) is 2.20. The zero-order valence-electron chi connectivity index (χ0n) is 6.95. The Morgan fingerprint density at radius 3 is 2.67 bits per heavy atom. The van der Waals surface area contributed by atoms with E-state index in [9.17, 15) is 0 Å². The fraction of sp³-hybridized carbons (Fsp3) is 0.0909. The van der Waals surface area contributed by atoms with Crippen molar-refractivity contribution < 1.29 is 4.74 Å². The summed E-state index contributed by atoms with van der Waals surface area (Å²) in [4.78, 5) is 0. The molecule has 0 fully saturated rings. The molecule has 0 saturated heterocycles. The third-order valence-electron chi connectivity index (χ3n) is 1.28. The Balaban J connectivity index is 2.61. The summed E-state index contributed by atoms with van der Waals surface area (Å²) in [5.41, 5.74) is 1.01. The number of benzene rings is 1. The van der Waals surface area contributed by atoms with Crippen molar-refractivity contribution in [3.8, 4) is 11.8 Å². The second kappa shape index (κ2) is 5.03. The van der Waals surface area contributed by atoms with Gasteiger partial charge >= 0.3 is 0 Å². The van der Waals surface area contributed by atoms with Crippen LogP contribution in [0.5, 0.6) is 0 Å². The van der Waals surface area contributed by atoms with Crippen LogP contribution in [0.25, 0.3) is 0 Å². The number of methoxy groups -OCH3 is 1. The van der Waals surface area contributed by atoms with E-state index in [0.29, 0.717) is 0 Å². The van der Waals surface area contributed by atoms with Gasteiger partial charge in [0.25, 0.3) is 0 Å². The molecule has 0 atom stereocenters. The minimum Gasteiger partial charge on any atom is -0.504 e. The van der Waals surface area contributed by atoms with E-state index in [1.54, 1.807) is 19.4 Å². The van der Waals surface area contributed by atoms with Crippen molar-refractivity contribution in [2.24, 2.45) is 0 Å². The minimum atomic E-state index is 1.01.